The normalized spacial score (nSPS) is 60.9. The fraction of sp³-hybridized carbons (Fsp3) is 0.875. The largest absolute Gasteiger partial charge is 0.0848 e. The van der Waals surface area contributed by atoms with Gasteiger partial charge < -0.3 is 0 Å². The molecular formula is C16H24. The first-order valence-electron chi connectivity index (χ1n) is 7.45. The van der Waals surface area contributed by atoms with Gasteiger partial charge in [-0.25, -0.2) is 0 Å². The number of hydrogen-bond acceptors (Lipinski definition) is 0. The highest BCUT2D eigenvalue weighted by atomic mass is 14.7. The maximum absolute atomic E-state index is 2.60. The Morgan fingerprint density at radius 3 is 2.88 bits per heavy atom. The molecule has 88 valence electrons. The van der Waals surface area contributed by atoms with Crippen molar-refractivity contribution < 1.29 is 0 Å². The van der Waals surface area contributed by atoms with E-state index in [4.69, 9.17) is 0 Å². The van der Waals surface area contributed by atoms with Gasteiger partial charge in [-0.15, -0.1) is 0 Å². The number of hydrogen-bond donors (Lipinski definition) is 0. The lowest BCUT2D eigenvalue weighted by atomic mass is 9.56. The Labute approximate surface area is 99.5 Å². The Hall–Kier alpha value is -0.260. The van der Waals surface area contributed by atoms with Gasteiger partial charge in [0.25, 0.3) is 0 Å². The molecule has 4 aliphatic rings. The molecule has 4 bridgehead atoms. The lowest BCUT2D eigenvalue weighted by Crippen LogP contribution is -2.42. The van der Waals surface area contributed by atoms with Crippen molar-refractivity contribution in [3.63, 3.8) is 0 Å². The molecule has 0 heterocycles. The van der Waals surface area contributed by atoms with Crippen molar-refractivity contribution in [2.24, 2.45) is 40.9 Å². The third kappa shape index (κ3) is 0.866. The van der Waals surface area contributed by atoms with Crippen LogP contribution >= 0.6 is 0 Å². The third-order valence-electron chi connectivity index (χ3n) is 6.69. The summed E-state index contributed by atoms with van der Waals surface area (Å²) in [4.78, 5) is 0. The first-order chi connectivity index (χ1) is 7.77. The zero-order valence-electron chi connectivity index (χ0n) is 10.7. The van der Waals surface area contributed by atoms with Gasteiger partial charge in [-0.1, -0.05) is 32.4 Å². The molecular weight excluding hydrogens is 192 g/mol. The molecule has 0 aromatic rings. The van der Waals surface area contributed by atoms with Crippen LogP contribution in [0.5, 0.6) is 0 Å². The molecule has 4 rings (SSSR count). The molecule has 7 unspecified atom stereocenters. The van der Waals surface area contributed by atoms with Gasteiger partial charge in [0.1, 0.15) is 0 Å². The van der Waals surface area contributed by atoms with Gasteiger partial charge in [0.2, 0.25) is 0 Å². The van der Waals surface area contributed by atoms with Crippen molar-refractivity contribution in [3.05, 3.63) is 12.2 Å². The van der Waals surface area contributed by atoms with Crippen molar-refractivity contribution in [2.75, 3.05) is 0 Å². The van der Waals surface area contributed by atoms with E-state index in [1.807, 2.05) is 0 Å². The molecule has 0 aromatic heterocycles. The maximum Gasteiger partial charge on any atom is -0.0165 e. The fourth-order valence-electron chi connectivity index (χ4n) is 6.66. The lowest BCUT2D eigenvalue weighted by Gasteiger charge is -2.48. The van der Waals surface area contributed by atoms with Gasteiger partial charge in [-0.2, -0.15) is 0 Å². The van der Waals surface area contributed by atoms with Crippen LogP contribution in [-0.4, -0.2) is 0 Å². The molecule has 0 heteroatoms. The molecule has 0 spiro atoms. The van der Waals surface area contributed by atoms with Crippen molar-refractivity contribution in [3.8, 4) is 0 Å². The Morgan fingerprint density at radius 1 is 1.19 bits per heavy atom. The van der Waals surface area contributed by atoms with E-state index in [0.717, 1.165) is 40.9 Å². The molecule has 0 aromatic carbocycles. The molecule has 0 nitrogen and oxygen atoms in total. The first-order valence-corrected chi connectivity index (χ1v) is 7.45. The summed E-state index contributed by atoms with van der Waals surface area (Å²) in [6.45, 7) is 4.94. The van der Waals surface area contributed by atoms with Crippen molar-refractivity contribution in [1.82, 2.24) is 0 Å². The Bertz CT molecular complexity index is 342. The Morgan fingerprint density at radius 2 is 2.06 bits per heavy atom. The van der Waals surface area contributed by atoms with E-state index in [1.165, 1.54) is 19.3 Å². The number of fused-ring (bicyclic) bond motifs is 9. The summed E-state index contributed by atoms with van der Waals surface area (Å²) < 4.78 is 0. The monoisotopic (exact) mass is 216 g/mol. The third-order valence-corrected chi connectivity index (χ3v) is 6.69. The van der Waals surface area contributed by atoms with E-state index >= 15 is 0 Å². The quantitative estimate of drug-likeness (QED) is 0.477. The minimum absolute atomic E-state index is 0.774. The highest BCUT2D eigenvalue weighted by Crippen LogP contribution is 2.74. The van der Waals surface area contributed by atoms with Gasteiger partial charge in [0.05, 0.1) is 0 Å². The first kappa shape index (κ1) is 9.74. The minimum atomic E-state index is 0.774. The second-order valence-corrected chi connectivity index (χ2v) is 7.09. The van der Waals surface area contributed by atoms with Crippen LogP contribution < -0.4 is 0 Å². The van der Waals surface area contributed by atoms with E-state index in [9.17, 15) is 0 Å². The van der Waals surface area contributed by atoms with E-state index in [0.29, 0.717) is 0 Å². The van der Waals surface area contributed by atoms with Crippen LogP contribution in [0.2, 0.25) is 0 Å². The highest BCUT2D eigenvalue weighted by molar-refractivity contribution is 5.26. The van der Waals surface area contributed by atoms with Crippen LogP contribution in [0.4, 0.5) is 0 Å². The standard InChI is InChI=1S/C16H24/c1-3-6-16-13-5-4-11(8-13)15(16)12-7-10(2)14(16)9-12/h4-5,10-15H,3,6-9H2,1-2H3. The number of rotatable bonds is 2. The zero-order chi connectivity index (χ0) is 10.9. The second-order valence-electron chi connectivity index (χ2n) is 7.09. The molecule has 4 aliphatic carbocycles. The summed E-state index contributed by atoms with van der Waals surface area (Å²) in [5.74, 6) is 6.28. The molecule has 3 saturated carbocycles. The van der Waals surface area contributed by atoms with Gasteiger partial charge in [-0.05, 0) is 66.6 Å². The summed E-state index contributed by atoms with van der Waals surface area (Å²) in [7, 11) is 0. The van der Waals surface area contributed by atoms with Crippen LogP contribution in [0, 0.1) is 40.9 Å². The van der Waals surface area contributed by atoms with Gasteiger partial charge >= 0.3 is 0 Å². The predicted molar refractivity (Wildman–Crippen MR) is 66.9 cm³/mol. The highest BCUT2D eigenvalue weighted by Gasteiger charge is 2.68. The van der Waals surface area contributed by atoms with Crippen molar-refractivity contribution >= 4 is 0 Å². The van der Waals surface area contributed by atoms with Crippen molar-refractivity contribution in [2.45, 2.75) is 46.0 Å². The van der Waals surface area contributed by atoms with Crippen LogP contribution in [0.15, 0.2) is 12.2 Å². The van der Waals surface area contributed by atoms with Gasteiger partial charge in [0, 0.05) is 0 Å². The molecule has 0 radical (unpaired) electrons. The van der Waals surface area contributed by atoms with Crippen LogP contribution in [0.3, 0.4) is 0 Å². The molecule has 16 heavy (non-hydrogen) atoms. The predicted octanol–water partition coefficient (Wildman–Crippen LogP) is 4.27. The zero-order valence-corrected chi connectivity index (χ0v) is 10.7. The van der Waals surface area contributed by atoms with Crippen LogP contribution in [-0.2, 0) is 0 Å². The molecule has 3 fully saturated rings. The van der Waals surface area contributed by atoms with E-state index < -0.39 is 0 Å². The minimum Gasteiger partial charge on any atom is -0.0848 e. The van der Waals surface area contributed by atoms with Crippen LogP contribution in [0.25, 0.3) is 0 Å². The average Bonchev–Trinajstić information content (AvgIpc) is 2.92. The summed E-state index contributed by atoms with van der Waals surface area (Å²) in [6.07, 6.45) is 12.8. The lowest BCUT2D eigenvalue weighted by molar-refractivity contribution is 0.0230. The van der Waals surface area contributed by atoms with Crippen molar-refractivity contribution in [1.29, 1.82) is 0 Å². The summed E-state index contributed by atoms with van der Waals surface area (Å²) in [5.41, 5.74) is 0.774. The summed E-state index contributed by atoms with van der Waals surface area (Å²) >= 11 is 0. The molecule has 0 amide bonds. The summed E-state index contributed by atoms with van der Waals surface area (Å²) in [5, 5.41) is 0. The molecule has 7 atom stereocenters. The maximum atomic E-state index is 2.60. The molecule has 0 N–H and O–H groups in total. The van der Waals surface area contributed by atoms with Gasteiger partial charge in [0.15, 0.2) is 0 Å². The molecule has 0 aliphatic heterocycles. The Balaban J connectivity index is 1.81. The number of allylic oxidation sites excluding steroid dienone is 2. The second kappa shape index (κ2) is 2.94. The summed E-state index contributed by atoms with van der Waals surface area (Å²) in [6, 6.07) is 0. The smallest absolute Gasteiger partial charge is 0.0165 e. The van der Waals surface area contributed by atoms with E-state index in [2.05, 4.69) is 26.0 Å². The van der Waals surface area contributed by atoms with Crippen LogP contribution in [0.1, 0.15) is 46.0 Å². The average molecular weight is 216 g/mol. The van der Waals surface area contributed by atoms with Gasteiger partial charge in [-0.3, -0.25) is 0 Å². The topological polar surface area (TPSA) is 0 Å². The molecule has 0 saturated heterocycles. The SMILES string of the molecule is CCCC12C3C=CC(C3)C1C1CC(C)C2C1. The Kier molecular flexibility index (Phi) is 1.79. The van der Waals surface area contributed by atoms with E-state index in [1.54, 1.807) is 12.8 Å². The fourth-order valence-corrected chi connectivity index (χ4v) is 6.66. The van der Waals surface area contributed by atoms with E-state index in [-0.39, 0.29) is 0 Å².